The molecule has 19 heavy (non-hydrogen) atoms. The number of ether oxygens (including phenoxy) is 2. The summed E-state index contributed by atoms with van der Waals surface area (Å²) in [4.78, 5) is 5.56. The molecule has 0 atom stereocenters. The lowest BCUT2D eigenvalue weighted by molar-refractivity contribution is 0.174. The van der Waals surface area contributed by atoms with Crippen molar-refractivity contribution in [2.75, 3.05) is 6.79 Å². The van der Waals surface area contributed by atoms with Gasteiger partial charge < -0.3 is 15.2 Å². The van der Waals surface area contributed by atoms with E-state index in [-0.39, 0.29) is 6.79 Å². The fourth-order valence-corrected chi connectivity index (χ4v) is 3.06. The molecule has 6 heteroatoms. The molecule has 5 nitrogen and oxygen atoms in total. The summed E-state index contributed by atoms with van der Waals surface area (Å²) in [6, 6.07) is 5.86. The predicted molar refractivity (Wildman–Crippen MR) is 72.5 cm³/mol. The van der Waals surface area contributed by atoms with Gasteiger partial charge in [0.15, 0.2) is 16.5 Å². The molecule has 0 bridgehead atoms. The molecule has 0 saturated carbocycles. The number of imidazole rings is 1. The van der Waals surface area contributed by atoms with Crippen LogP contribution in [0, 0.1) is 0 Å². The van der Waals surface area contributed by atoms with Gasteiger partial charge in [0.25, 0.3) is 0 Å². The van der Waals surface area contributed by atoms with E-state index in [1.54, 1.807) is 11.3 Å². The lowest BCUT2D eigenvalue weighted by atomic mass is 10.1. The van der Waals surface area contributed by atoms with Crippen molar-refractivity contribution in [3.8, 4) is 22.8 Å². The third-order valence-electron chi connectivity index (χ3n) is 3.16. The Labute approximate surface area is 113 Å². The van der Waals surface area contributed by atoms with Crippen LogP contribution in [0.5, 0.6) is 11.5 Å². The van der Waals surface area contributed by atoms with Crippen LogP contribution in [0.1, 0.15) is 5.69 Å². The lowest BCUT2D eigenvalue weighted by Gasteiger charge is -1.99. The molecule has 2 N–H and O–H groups in total. The molecule has 0 fully saturated rings. The van der Waals surface area contributed by atoms with Crippen LogP contribution < -0.4 is 15.2 Å². The lowest BCUT2D eigenvalue weighted by Crippen LogP contribution is -1.98. The van der Waals surface area contributed by atoms with E-state index in [4.69, 9.17) is 15.2 Å². The molecule has 3 heterocycles. The molecule has 0 spiro atoms. The van der Waals surface area contributed by atoms with Crippen molar-refractivity contribution in [3.63, 3.8) is 0 Å². The number of thiazole rings is 1. The Kier molecular flexibility index (Phi) is 2.27. The smallest absolute Gasteiger partial charge is 0.231 e. The molecule has 0 aliphatic carbocycles. The number of hydrogen-bond donors (Lipinski definition) is 1. The van der Waals surface area contributed by atoms with Gasteiger partial charge in [-0.15, -0.1) is 11.3 Å². The molecule has 0 unspecified atom stereocenters. The normalized spacial score (nSPS) is 13.3. The highest BCUT2D eigenvalue weighted by Crippen LogP contribution is 2.36. The van der Waals surface area contributed by atoms with Gasteiger partial charge in [0.05, 0.1) is 5.69 Å². The number of nitrogens with two attached hydrogens (primary N) is 1. The summed E-state index contributed by atoms with van der Waals surface area (Å²) < 4.78 is 12.7. The van der Waals surface area contributed by atoms with Gasteiger partial charge in [-0.25, -0.2) is 4.98 Å². The van der Waals surface area contributed by atoms with Crippen molar-refractivity contribution >= 4 is 16.3 Å². The summed E-state index contributed by atoms with van der Waals surface area (Å²) in [5, 5.41) is 2.03. The number of rotatable bonds is 2. The topological polar surface area (TPSA) is 61.8 Å². The van der Waals surface area contributed by atoms with E-state index in [1.807, 2.05) is 34.2 Å². The minimum absolute atomic E-state index is 0.286. The molecule has 3 aromatic rings. The Hall–Kier alpha value is -2.05. The number of nitrogens with zero attached hydrogens (tertiary/aromatic N) is 2. The summed E-state index contributed by atoms with van der Waals surface area (Å²) in [6.45, 7) is 0.797. The molecule has 1 aromatic carbocycles. The first-order valence-corrected chi connectivity index (χ1v) is 6.78. The van der Waals surface area contributed by atoms with E-state index in [1.165, 1.54) is 0 Å². The zero-order valence-corrected chi connectivity index (χ0v) is 10.8. The van der Waals surface area contributed by atoms with Gasteiger partial charge in [0.2, 0.25) is 6.79 Å². The summed E-state index contributed by atoms with van der Waals surface area (Å²) in [6.07, 6.45) is 2.01. The number of benzene rings is 1. The third kappa shape index (κ3) is 1.61. The summed E-state index contributed by atoms with van der Waals surface area (Å²) in [5.41, 5.74) is 8.71. The van der Waals surface area contributed by atoms with Crippen LogP contribution in [0.25, 0.3) is 16.2 Å². The fourth-order valence-electron chi connectivity index (χ4n) is 2.17. The molecular weight excluding hydrogens is 262 g/mol. The highest BCUT2D eigenvalue weighted by atomic mass is 32.1. The maximum absolute atomic E-state index is 5.70. The van der Waals surface area contributed by atoms with Gasteiger partial charge in [-0.2, -0.15) is 0 Å². The maximum atomic E-state index is 5.70. The van der Waals surface area contributed by atoms with Crippen LogP contribution in [0.4, 0.5) is 0 Å². The summed E-state index contributed by atoms with van der Waals surface area (Å²) in [7, 11) is 0. The van der Waals surface area contributed by atoms with Crippen molar-refractivity contribution in [2.24, 2.45) is 5.73 Å². The molecule has 96 valence electrons. The molecule has 1 aliphatic heterocycles. The van der Waals surface area contributed by atoms with Crippen LogP contribution in [-0.4, -0.2) is 16.2 Å². The SMILES string of the molecule is NCc1csc2nc(-c3ccc4c(c3)OCO4)cn12. The highest BCUT2D eigenvalue weighted by molar-refractivity contribution is 7.15. The Bertz CT molecular complexity index is 762. The third-order valence-corrected chi connectivity index (χ3v) is 4.05. The monoisotopic (exact) mass is 273 g/mol. The van der Waals surface area contributed by atoms with Crippen LogP contribution in [0.15, 0.2) is 29.8 Å². The highest BCUT2D eigenvalue weighted by Gasteiger charge is 2.15. The molecule has 0 amide bonds. The first-order valence-electron chi connectivity index (χ1n) is 5.91. The van der Waals surface area contributed by atoms with E-state index in [2.05, 4.69) is 4.98 Å². The van der Waals surface area contributed by atoms with Crippen molar-refractivity contribution in [1.82, 2.24) is 9.38 Å². The van der Waals surface area contributed by atoms with Gasteiger partial charge >= 0.3 is 0 Å². The maximum Gasteiger partial charge on any atom is 0.231 e. The van der Waals surface area contributed by atoms with Crippen molar-refractivity contribution < 1.29 is 9.47 Å². The number of hydrogen-bond acceptors (Lipinski definition) is 5. The van der Waals surface area contributed by atoms with Gasteiger partial charge in [0.1, 0.15) is 0 Å². The zero-order valence-electron chi connectivity index (χ0n) is 10.00. The van der Waals surface area contributed by atoms with E-state index in [9.17, 15) is 0 Å². The van der Waals surface area contributed by atoms with E-state index in [0.29, 0.717) is 6.54 Å². The average molecular weight is 273 g/mol. The molecule has 1 aliphatic rings. The molecule has 4 rings (SSSR count). The Morgan fingerprint density at radius 3 is 3.11 bits per heavy atom. The van der Waals surface area contributed by atoms with E-state index < -0.39 is 0 Å². The average Bonchev–Trinajstić information content (AvgIpc) is 3.12. The van der Waals surface area contributed by atoms with Crippen LogP contribution in [0.3, 0.4) is 0 Å². The largest absolute Gasteiger partial charge is 0.454 e. The quantitative estimate of drug-likeness (QED) is 0.778. The molecule has 0 radical (unpaired) electrons. The number of fused-ring (bicyclic) bond motifs is 2. The second kappa shape index (κ2) is 3.97. The van der Waals surface area contributed by atoms with Gasteiger partial charge in [-0.05, 0) is 18.2 Å². The zero-order chi connectivity index (χ0) is 12.8. The van der Waals surface area contributed by atoms with Crippen LogP contribution >= 0.6 is 11.3 Å². The minimum Gasteiger partial charge on any atom is -0.454 e. The molecular formula is C13H11N3O2S. The van der Waals surface area contributed by atoms with Gasteiger partial charge in [0, 0.05) is 29.4 Å². The van der Waals surface area contributed by atoms with E-state index in [0.717, 1.165) is 33.4 Å². The second-order valence-corrected chi connectivity index (χ2v) is 5.11. The number of aromatic nitrogens is 2. The fraction of sp³-hybridized carbons (Fsp3) is 0.154. The Balaban J connectivity index is 1.83. The van der Waals surface area contributed by atoms with Crippen LogP contribution in [-0.2, 0) is 6.54 Å². The standard InChI is InChI=1S/C13H11N3O2S/c14-4-9-6-19-13-15-10(5-16(9)13)8-1-2-11-12(3-8)18-7-17-11/h1-3,5-6H,4,7,14H2. The Morgan fingerprint density at radius 2 is 2.21 bits per heavy atom. The minimum atomic E-state index is 0.286. The first-order chi connectivity index (χ1) is 9.35. The summed E-state index contributed by atoms with van der Waals surface area (Å²) in [5.74, 6) is 1.56. The van der Waals surface area contributed by atoms with E-state index >= 15 is 0 Å². The van der Waals surface area contributed by atoms with Crippen molar-refractivity contribution in [3.05, 3.63) is 35.5 Å². The molecule has 0 saturated heterocycles. The Morgan fingerprint density at radius 1 is 1.32 bits per heavy atom. The molecule has 2 aromatic heterocycles. The van der Waals surface area contributed by atoms with Crippen LogP contribution in [0.2, 0.25) is 0 Å². The second-order valence-electron chi connectivity index (χ2n) is 4.28. The van der Waals surface area contributed by atoms with Gasteiger partial charge in [-0.1, -0.05) is 0 Å². The van der Waals surface area contributed by atoms with Gasteiger partial charge in [-0.3, -0.25) is 4.40 Å². The summed E-state index contributed by atoms with van der Waals surface area (Å²) >= 11 is 1.60. The van der Waals surface area contributed by atoms with Crippen molar-refractivity contribution in [2.45, 2.75) is 6.54 Å². The first kappa shape index (κ1) is 10.8. The predicted octanol–water partition coefficient (Wildman–Crippen LogP) is 2.25. The van der Waals surface area contributed by atoms with Crippen molar-refractivity contribution in [1.29, 1.82) is 0 Å².